The maximum atomic E-state index is 14.3. The number of non-ortho nitro benzene ring substituents is 1. The van der Waals surface area contributed by atoms with Crippen molar-refractivity contribution in [1.29, 1.82) is 0 Å². The molecule has 6 rings (SSSR count). The standard InChI is InChI=1S/C37H37BrN2O5/c1-36(2)17-28-34(30(41)19-36)33(27-16-25(38)12-15-32(27)45-22-24-10-13-26(14-11-24)40(43)44)35-29(18-37(3,4)20-31(35)42)39(28)21-23-8-6-5-7-9-23/h5-16,33H,17-22H2,1-4H3. The Morgan fingerprint density at radius 2 is 1.40 bits per heavy atom. The van der Waals surface area contributed by atoms with Gasteiger partial charge < -0.3 is 9.64 Å². The van der Waals surface area contributed by atoms with Gasteiger partial charge in [-0.05, 0) is 65.1 Å². The van der Waals surface area contributed by atoms with Gasteiger partial charge in [0.1, 0.15) is 12.4 Å². The zero-order valence-corrected chi connectivity index (χ0v) is 27.6. The second-order valence-corrected chi connectivity index (χ2v) is 14.9. The molecule has 0 saturated carbocycles. The van der Waals surface area contributed by atoms with Crippen LogP contribution in [0.3, 0.4) is 0 Å². The minimum absolute atomic E-state index is 0.0155. The lowest BCUT2D eigenvalue weighted by Gasteiger charge is -2.49. The lowest BCUT2D eigenvalue weighted by atomic mass is 9.63. The van der Waals surface area contributed by atoms with Crippen molar-refractivity contribution in [2.75, 3.05) is 0 Å². The molecule has 7 nitrogen and oxygen atoms in total. The maximum Gasteiger partial charge on any atom is 0.269 e. The molecule has 3 aromatic rings. The molecule has 1 heterocycles. The summed E-state index contributed by atoms with van der Waals surface area (Å²) in [5.41, 5.74) is 5.60. The molecule has 0 fully saturated rings. The fraction of sp³-hybridized carbons (Fsp3) is 0.351. The minimum atomic E-state index is -0.557. The van der Waals surface area contributed by atoms with Crippen molar-refractivity contribution in [2.45, 2.75) is 72.4 Å². The molecule has 0 radical (unpaired) electrons. The van der Waals surface area contributed by atoms with Crippen LogP contribution in [0, 0.1) is 20.9 Å². The molecule has 0 unspecified atom stereocenters. The Morgan fingerprint density at radius 1 is 0.822 bits per heavy atom. The van der Waals surface area contributed by atoms with Crippen molar-refractivity contribution in [3.05, 3.63) is 127 Å². The van der Waals surface area contributed by atoms with Crippen LogP contribution in [-0.4, -0.2) is 21.4 Å². The quantitative estimate of drug-likeness (QED) is 0.185. The summed E-state index contributed by atoms with van der Waals surface area (Å²) in [6.07, 6.45) is 2.24. The smallest absolute Gasteiger partial charge is 0.269 e. The zero-order valence-electron chi connectivity index (χ0n) is 26.1. The monoisotopic (exact) mass is 668 g/mol. The van der Waals surface area contributed by atoms with Crippen LogP contribution in [0.4, 0.5) is 5.69 Å². The minimum Gasteiger partial charge on any atom is -0.489 e. The molecule has 1 aliphatic heterocycles. The highest BCUT2D eigenvalue weighted by Crippen LogP contribution is 2.56. The Morgan fingerprint density at radius 3 is 1.96 bits per heavy atom. The van der Waals surface area contributed by atoms with Gasteiger partial charge in [0.15, 0.2) is 11.6 Å². The Hall–Kier alpha value is -4.04. The highest BCUT2D eigenvalue weighted by molar-refractivity contribution is 9.10. The SMILES string of the molecule is CC1(C)CC(=O)C2=C(C1)N(Cc1ccccc1)C1=C(C(=O)CC(C)(C)C1)C2c1cc(Br)ccc1OCc1ccc([N+](=O)[O-])cc1. The number of allylic oxidation sites excluding steroid dienone is 4. The molecule has 0 atom stereocenters. The van der Waals surface area contributed by atoms with Gasteiger partial charge in [0, 0.05) is 70.0 Å². The van der Waals surface area contributed by atoms with Gasteiger partial charge in [-0.2, -0.15) is 0 Å². The van der Waals surface area contributed by atoms with E-state index < -0.39 is 10.8 Å². The van der Waals surface area contributed by atoms with Crippen molar-refractivity contribution in [2.24, 2.45) is 10.8 Å². The molecule has 0 spiro atoms. The Kier molecular flexibility index (Phi) is 8.06. The fourth-order valence-corrected chi connectivity index (χ4v) is 7.45. The third-order valence-corrected chi connectivity index (χ3v) is 9.52. The first-order chi connectivity index (χ1) is 21.3. The number of hydrogen-bond acceptors (Lipinski definition) is 6. The number of carbonyl (C=O) groups is 2. The third kappa shape index (κ3) is 6.25. The predicted octanol–water partition coefficient (Wildman–Crippen LogP) is 8.82. The molecule has 0 aromatic heterocycles. The van der Waals surface area contributed by atoms with E-state index in [1.165, 1.54) is 12.1 Å². The second-order valence-electron chi connectivity index (χ2n) is 14.0. The van der Waals surface area contributed by atoms with Gasteiger partial charge in [0.25, 0.3) is 5.69 Å². The van der Waals surface area contributed by atoms with Crippen LogP contribution in [0.5, 0.6) is 5.75 Å². The van der Waals surface area contributed by atoms with Crippen LogP contribution in [0.1, 0.15) is 76.0 Å². The van der Waals surface area contributed by atoms with E-state index in [1.807, 2.05) is 36.4 Å². The largest absolute Gasteiger partial charge is 0.489 e. The number of ether oxygens (including phenoxy) is 1. The van der Waals surface area contributed by atoms with E-state index in [0.29, 0.717) is 36.3 Å². The molecule has 0 saturated heterocycles. The van der Waals surface area contributed by atoms with Crippen LogP contribution in [0.25, 0.3) is 0 Å². The lowest BCUT2D eigenvalue weighted by Crippen LogP contribution is -2.44. The van der Waals surface area contributed by atoms with E-state index in [9.17, 15) is 19.7 Å². The number of nitrogens with zero attached hydrogens (tertiary/aromatic N) is 2. The number of benzene rings is 3. The van der Waals surface area contributed by atoms with Crippen molar-refractivity contribution < 1.29 is 19.2 Å². The first-order valence-corrected chi connectivity index (χ1v) is 16.1. The number of carbonyl (C=O) groups excluding carboxylic acids is 2. The number of nitro benzene ring substituents is 1. The van der Waals surface area contributed by atoms with Gasteiger partial charge in [-0.25, -0.2) is 0 Å². The number of Topliss-reactive ketones (excluding diaryl/α,β-unsaturated/α-hetero) is 2. The normalized spacial score (nSPS) is 19.4. The summed E-state index contributed by atoms with van der Waals surface area (Å²) < 4.78 is 7.22. The number of hydrogen-bond donors (Lipinski definition) is 0. The van der Waals surface area contributed by atoms with Crippen LogP contribution < -0.4 is 4.74 Å². The van der Waals surface area contributed by atoms with E-state index in [2.05, 4.69) is 60.7 Å². The molecular formula is C37H37BrN2O5. The van der Waals surface area contributed by atoms with E-state index in [4.69, 9.17) is 4.74 Å². The summed E-state index contributed by atoms with van der Waals surface area (Å²) in [6.45, 7) is 9.33. The number of nitro groups is 1. The molecule has 2 aliphatic carbocycles. The van der Waals surface area contributed by atoms with Gasteiger partial charge in [-0.3, -0.25) is 19.7 Å². The topological polar surface area (TPSA) is 89.8 Å². The second kappa shape index (κ2) is 11.7. The van der Waals surface area contributed by atoms with Crippen molar-refractivity contribution in [3.8, 4) is 5.75 Å². The highest BCUT2D eigenvalue weighted by Gasteiger charge is 2.49. The van der Waals surface area contributed by atoms with E-state index in [-0.39, 0.29) is 34.7 Å². The Balaban J connectivity index is 1.51. The first kappa shape index (κ1) is 31.0. The Labute approximate surface area is 272 Å². The van der Waals surface area contributed by atoms with Gasteiger partial charge in [-0.15, -0.1) is 0 Å². The summed E-state index contributed by atoms with van der Waals surface area (Å²) in [5, 5.41) is 11.1. The van der Waals surface area contributed by atoms with Crippen molar-refractivity contribution in [3.63, 3.8) is 0 Å². The highest BCUT2D eigenvalue weighted by atomic mass is 79.9. The molecule has 0 N–H and O–H groups in total. The summed E-state index contributed by atoms with van der Waals surface area (Å²) >= 11 is 3.65. The first-order valence-electron chi connectivity index (χ1n) is 15.3. The van der Waals surface area contributed by atoms with E-state index >= 15 is 0 Å². The lowest BCUT2D eigenvalue weighted by molar-refractivity contribution is -0.384. The maximum absolute atomic E-state index is 14.3. The fourth-order valence-electron chi connectivity index (χ4n) is 7.07. The molecule has 3 aliphatic rings. The molecule has 0 amide bonds. The summed E-state index contributed by atoms with van der Waals surface area (Å²) in [4.78, 5) is 41.5. The Bertz CT molecular complexity index is 1700. The number of halogens is 1. The third-order valence-electron chi connectivity index (χ3n) is 9.03. The molecule has 45 heavy (non-hydrogen) atoms. The van der Waals surface area contributed by atoms with Gasteiger partial charge >= 0.3 is 0 Å². The van der Waals surface area contributed by atoms with Crippen molar-refractivity contribution in [1.82, 2.24) is 4.90 Å². The molecule has 232 valence electrons. The van der Waals surface area contributed by atoms with E-state index in [1.54, 1.807) is 12.1 Å². The molecule has 3 aromatic carbocycles. The zero-order chi connectivity index (χ0) is 32.1. The number of ketones is 2. The summed E-state index contributed by atoms with van der Waals surface area (Å²) in [5.74, 6) is 0.148. The van der Waals surface area contributed by atoms with Crippen LogP contribution >= 0.6 is 15.9 Å². The summed E-state index contributed by atoms with van der Waals surface area (Å²) in [6, 6.07) is 22.2. The summed E-state index contributed by atoms with van der Waals surface area (Å²) in [7, 11) is 0. The molecule has 8 heteroatoms. The average Bonchev–Trinajstić information content (AvgIpc) is 2.96. The predicted molar refractivity (Wildman–Crippen MR) is 176 cm³/mol. The van der Waals surface area contributed by atoms with Crippen LogP contribution in [-0.2, 0) is 22.7 Å². The average molecular weight is 670 g/mol. The molecule has 0 bridgehead atoms. The van der Waals surface area contributed by atoms with Crippen LogP contribution in [0.15, 0.2) is 99.8 Å². The van der Waals surface area contributed by atoms with Crippen LogP contribution in [0.2, 0.25) is 0 Å². The van der Waals surface area contributed by atoms with Gasteiger partial charge in [-0.1, -0.05) is 74.0 Å². The van der Waals surface area contributed by atoms with E-state index in [0.717, 1.165) is 45.4 Å². The van der Waals surface area contributed by atoms with Gasteiger partial charge in [0.2, 0.25) is 0 Å². The number of rotatable bonds is 7. The van der Waals surface area contributed by atoms with Gasteiger partial charge in [0.05, 0.1) is 4.92 Å². The molecular weight excluding hydrogens is 632 g/mol. The van der Waals surface area contributed by atoms with Crippen molar-refractivity contribution >= 4 is 33.2 Å².